The van der Waals surface area contributed by atoms with Crippen molar-refractivity contribution in [3.63, 3.8) is 0 Å². The highest BCUT2D eigenvalue weighted by Crippen LogP contribution is 2.30. The maximum absolute atomic E-state index is 14.6. The van der Waals surface area contributed by atoms with Crippen molar-refractivity contribution in [3.05, 3.63) is 60.2 Å². The average Bonchev–Trinajstić information content (AvgIpc) is 3.29. The van der Waals surface area contributed by atoms with E-state index in [1.54, 1.807) is 24.5 Å². The fourth-order valence-corrected chi connectivity index (χ4v) is 4.16. The number of anilines is 1. The van der Waals surface area contributed by atoms with Crippen LogP contribution in [-0.4, -0.2) is 66.6 Å². The Balaban J connectivity index is 1.41. The van der Waals surface area contributed by atoms with Crippen molar-refractivity contribution >= 4 is 22.9 Å². The van der Waals surface area contributed by atoms with Crippen molar-refractivity contribution in [2.75, 3.05) is 18.0 Å². The van der Waals surface area contributed by atoms with Gasteiger partial charge in [0, 0.05) is 37.0 Å². The fourth-order valence-electron chi connectivity index (χ4n) is 4.16. The van der Waals surface area contributed by atoms with Crippen LogP contribution < -0.4 is 10.2 Å². The van der Waals surface area contributed by atoms with E-state index >= 15 is 0 Å². The number of aromatic amines is 1. The lowest BCUT2D eigenvalue weighted by Gasteiger charge is -2.34. The molecule has 11 heteroatoms. The van der Waals surface area contributed by atoms with E-state index in [1.807, 2.05) is 17.0 Å². The van der Waals surface area contributed by atoms with Crippen LogP contribution in [0.2, 0.25) is 0 Å². The van der Waals surface area contributed by atoms with Crippen LogP contribution in [0, 0.1) is 5.82 Å². The van der Waals surface area contributed by atoms with E-state index in [1.165, 1.54) is 12.1 Å². The standard InChI is InChI=1S/C24H23FN6O4/c25-17-9-13(1-2-14(17)10-28-24(34)35)16-5-7-26-23-21(16)29-22(30-23)18-4-3-15(11-27-18)31-8-6-19(32)20(33)12-31/h1-5,7,9,11,19-20,28,32-33H,6,8,10,12H2,(H,34,35)(H,26,29,30)/t19-,20-/m0/s1. The van der Waals surface area contributed by atoms with Crippen molar-refractivity contribution in [1.82, 2.24) is 25.3 Å². The van der Waals surface area contributed by atoms with Crippen LogP contribution >= 0.6 is 0 Å². The first-order chi connectivity index (χ1) is 16.9. The summed E-state index contributed by atoms with van der Waals surface area (Å²) >= 11 is 0. The number of amides is 1. The van der Waals surface area contributed by atoms with Crippen LogP contribution in [-0.2, 0) is 6.54 Å². The van der Waals surface area contributed by atoms with Gasteiger partial charge in [0.2, 0.25) is 0 Å². The molecule has 0 radical (unpaired) electrons. The van der Waals surface area contributed by atoms with E-state index in [2.05, 4.69) is 25.3 Å². The molecule has 0 unspecified atom stereocenters. The zero-order valence-electron chi connectivity index (χ0n) is 18.5. The summed E-state index contributed by atoms with van der Waals surface area (Å²) in [5.41, 5.74) is 4.00. The van der Waals surface area contributed by atoms with E-state index in [-0.39, 0.29) is 12.1 Å². The minimum absolute atomic E-state index is 0.127. The number of carboxylic acid groups (broad SMARTS) is 1. The van der Waals surface area contributed by atoms with Crippen molar-refractivity contribution in [1.29, 1.82) is 0 Å². The molecule has 0 aliphatic carbocycles. The summed E-state index contributed by atoms with van der Waals surface area (Å²) in [6, 6.07) is 10.0. The number of pyridine rings is 2. The number of fused-ring (bicyclic) bond motifs is 1. The first-order valence-corrected chi connectivity index (χ1v) is 11.1. The van der Waals surface area contributed by atoms with E-state index in [0.717, 1.165) is 5.69 Å². The highest BCUT2D eigenvalue weighted by atomic mass is 19.1. The number of H-pyrrole nitrogens is 1. The lowest BCUT2D eigenvalue weighted by Crippen LogP contribution is -2.46. The molecule has 0 bridgehead atoms. The highest BCUT2D eigenvalue weighted by molar-refractivity contribution is 5.91. The van der Waals surface area contributed by atoms with Crippen molar-refractivity contribution in [2.24, 2.45) is 0 Å². The predicted molar refractivity (Wildman–Crippen MR) is 126 cm³/mol. The average molecular weight is 478 g/mol. The third-order valence-corrected chi connectivity index (χ3v) is 6.08. The molecule has 4 heterocycles. The van der Waals surface area contributed by atoms with Crippen LogP contribution in [0.4, 0.5) is 14.9 Å². The minimum Gasteiger partial charge on any atom is -0.465 e. The van der Waals surface area contributed by atoms with Crippen LogP contribution in [0.1, 0.15) is 12.0 Å². The van der Waals surface area contributed by atoms with Crippen molar-refractivity contribution in [2.45, 2.75) is 25.2 Å². The zero-order valence-corrected chi connectivity index (χ0v) is 18.5. The molecular formula is C24H23FN6O4. The molecule has 1 fully saturated rings. The molecule has 1 saturated heterocycles. The van der Waals surface area contributed by atoms with Gasteiger partial charge in [-0.2, -0.15) is 0 Å². The zero-order chi connectivity index (χ0) is 24.5. The molecule has 1 aliphatic rings. The molecule has 2 atom stereocenters. The second kappa shape index (κ2) is 9.28. The summed E-state index contributed by atoms with van der Waals surface area (Å²) in [6.45, 7) is 0.832. The fraction of sp³-hybridized carbons (Fsp3) is 0.250. The molecule has 1 aliphatic heterocycles. The molecule has 1 amide bonds. The smallest absolute Gasteiger partial charge is 0.404 e. The normalized spacial score (nSPS) is 18.1. The number of imidazole rings is 1. The van der Waals surface area contributed by atoms with Gasteiger partial charge in [0.1, 0.15) is 17.0 Å². The maximum atomic E-state index is 14.6. The quantitative estimate of drug-likeness (QED) is 0.294. The lowest BCUT2D eigenvalue weighted by atomic mass is 10.0. The first kappa shape index (κ1) is 22.7. The monoisotopic (exact) mass is 478 g/mol. The molecule has 0 saturated carbocycles. The van der Waals surface area contributed by atoms with Gasteiger partial charge in [-0.1, -0.05) is 12.1 Å². The van der Waals surface area contributed by atoms with Gasteiger partial charge in [0.25, 0.3) is 0 Å². The van der Waals surface area contributed by atoms with Crippen molar-refractivity contribution in [3.8, 4) is 22.6 Å². The van der Waals surface area contributed by atoms with Gasteiger partial charge in [-0.05, 0) is 36.2 Å². The highest BCUT2D eigenvalue weighted by Gasteiger charge is 2.26. The van der Waals surface area contributed by atoms with Gasteiger partial charge >= 0.3 is 6.09 Å². The van der Waals surface area contributed by atoms with Crippen LogP contribution in [0.5, 0.6) is 0 Å². The number of halogens is 1. The van der Waals surface area contributed by atoms with Gasteiger partial charge < -0.3 is 30.5 Å². The number of carbonyl (C=O) groups is 1. The van der Waals surface area contributed by atoms with E-state index in [0.29, 0.717) is 53.3 Å². The molecule has 35 heavy (non-hydrogen) atoms. The Bertz CT molecular complexity index is 1380. The Morgan fingerprint density at radius 2 is 2.03 bits per heavy atom. The van der Waals surface area contributed by atoms with E-state index < -0.39 is 24.1 Å². The van der Waals surface area contributed by atoms with Gasteiger partial charge in [-0.3, -0.25) is 4.98 Å². The van der Waals surface area contributed by atoms with E-state index in [4.69, 9.17) is 5.11 Å². The Labute approximate surface area is 199 Å². The second-order valence-corrected chi connectivity index (χ2v) is 8.38. The third-order valence-electron chi connectivity index (χ3n) is 6.08. The molecule has 180 valence electrons. The van der Waals surface area contributed by atoms with E-state index in [9.17, 15) is 19.4 Å². The summed E-state index contributed by atoms with van der Waals surface area (Å²) in [6.07, 6.45) is 1.06. The number of hydrogen-bond acceptors (Lipinski definition) is 7. The number of aliphatic hydroxyl groups is 2. The number of β-amino-alcohol motifs (C(OH)–C–C–N with tert-alkyl or cyclic N) is 1. The first-order valence-electron chi connectivity index (χ1n) is 11.1. The number of aromatic nitrogens is 4. The molecular weight excluding hydrogens is 455 g/mol. The molecule has 0 spiro atoms. The SMILES string of the molecule is O=C(O)NCc1ccc(-c2ccnc3[nH]c(-c4ccc(N5CC[C@H](O)[C@@H](O)C5)cn4)nc23)cc1F. The Hall–Kier alpha value is -4.09. The molecule has 10 nitrogen and oxygen atoms in total. The summed E-state index contributed by atoms with van der Waals surface area (Å²) in [7, 11) is 0. The Kier molecular flexibility index (Phi) is 6.01. The summed E-state index contributed by atoms with van der Waals surface area (Å²) in [5.74, 6) is -0.0204. The summed E-state index contributed by atoms with van der Waals surface area (Å²) in [4.78, 5) is 29.3. The predicted octanol–water partition coefficient (Wildman–Crippen LogP) is 2.53. The number of benzene rings is 1. The topological polar surface area (TPSA) is 147 Å². The van der Waals surface area contributed by atoms with Crippen LogP contribution in [0.15, 0.2) is 48.8 Å². The Morgan fingerprint density at radius 1 is 1.17 bits per heavy atom. The maximum Gasteiger partial charge on any atom is 0.404 e. The number of nitrogens with zero attached hydrogens (tertiary/aromatic N) is 4. The third kappa shape index (κ3) is 4.63. The van der Waals surface area contributed by atoms with Crippen molar-refractivity contribution < 1.29 is 24.5 Å². The van der Waals surface area contributed by atoms with Gasteiger partial charge in [0.05, 0.1) is 24.1 Å². The molecule has 1 aromatic carbocycles. The number of piperidine rings is 1. The molecule has 5 N–H and O–H groups in total. The van der Waals surface area contributed by atoms with Crippen LogP contribution in [0.25, 0.3) is 33.8 Å². The summed E-state index contributed by atoms with van der Waals surface area (Å²) < 4.78 is 14.6. The largest absolute Gasteiger partial charge is 0.465 e. The number of aliphatic hydroxyl groups excluding tert-OH is 2. The lowest BCUT2D eigenvalue weighted by molar-refractivity contribution is 0.00801. The van der Waals surface area contributed by atoms with Gasteiger partial charge in [0.15, 0.2) is 11.5 Å². The molecule has 3 aromatic heterocycles. The number of rotatable bonds is 5. The molecule has 4 aromatic rings. The minimum atomic E-state index is -1.22. The number of hydrogen-bond donors (Lipinski definition) is 5. The number of nitrogens with one attached hydrogen (secondary N) is 2. The summed E-state index contributed by atoms with van der Waals surface area (Å²) in [5, 5.41) is 30.6. The second-order valence-electron chi connectivity index (χ2n) is 8.38. The van der Waals surface area contributed by atoms with Gasteiger partial charge in [-0.15, -0.1) is 0 Å². The molecule has 5 rings (SSSR count). The van der Waals surface area contributed by atoms with Crippen LogP contribution in [0.3, 0.4) is 0 Å². The van der Waals surface area contributed by atoms with Gasteiger partial charge in [-0.25, -0.2) is 19.2 Å². The Morgan fingerprint density at radius 3 is 2.74 bits per heavy atom.